The highest BCUT2D eigenvalue weighted by atomic mass is 32.2. The molecule has 0 aliphatic heterocycles. The summed E-state index contributed by atoms with van der Waals surface area (Å²) in [5.41, 5.74) is 1.65. The van der Waals surface area contributed by atoms with Crippen LogP contribution in [0.2, 0.25) is 0 Å². The van der Waals surface area contributed by atoms with Crippen LogP contribution < -0.4 is 0 Å². The highest BCUT2D eigenvalue weighted by molar-refractivity contribution is 7.95. The smallest absolute Gasteiger partial charge is 0.216 e. The van der Waals surface area contributed by atoms with Crippen LogP contribution in [0, 0.1) is 18.3 Å². The molecule has 2 aromatic rings. The lowest BCUT2D eigenvalue weighted by Crippen LogP contribution is -2.03. The van der Waals surface area contributed by atoms with Gasteiger partial charge in [0.2, 0.25) is 9.84 Å². The number of aryl methyl sites for hydroxylation is 1. The molecule has 0 aliphatic carbocycles. The van der Waals surface area contributed by atoms with Crippen molar-refractivity contribution in [2.24, 2.45) is 0 Å². The van der Waals surface area contributed by atoms with E-state index in [0.717, 1.165) is 11.1 Å². The van der Waals surface area contributed by atoms with E-state index in [4.69, 9.17) is 0 Å². The Hall–Kier alpha value is -2.38. The molecule has 0 aliphatic rings. The van der Waals surface area contributed by atoms with Crippen LogP contribution in [0.15, 0.2) is 64.4 Å². The van der Waals surface area contributed by atoms with Gasteiger partial charge in [0.1, 0.15) is 11.0 Å². The molecule has 0 saturated heterocycles. The topological polar surface area (TPSA) is 57.9 Å². The third-order valence-corrected chi connectivity index (χ3v) is 4.61. The molecule has 0 fully saturated rings. The Morgan fingerprint density at radius 2 is 1.65 bits per heavy atom. The third-order valence-electron chi connectivity index (χ3n) is 2.93. The van der Waals surface area contributed by atoms with Crippen LogP contribution in [0.4, 0.5) is 0 Å². The lowest BCUT2D eigenvalue weighted by atomic mass is 10.1. The van der Waals surface area contributed by atoms with Crippen molar-refractivity contribution >= 4 is 15.9 Å². The fourth-order valence-electron chi connectivity index (χ4n) is 1.79. The average molecular weight is 283 g/mol. The predicted molar refractivity (Wildman–Crippen MR) is 78.4 cm³/mol. The van der Waals surface area contributed by atoms with Gasteiger partial charge in [-0.2, -0.15) is 5.26 Å². The van der Waals surface area contributed by atoms with Crippen molar-refractivity contribution in [1.29, 1.82) is 5.26 Å². The number of nitrogens with zero attached hydrogens (tertiary/aromatic N) is 1. The van der Waals surface area contributed by atoms with Gasteiger partial charge in [0, 0.05) is 0 Å². The summed E-state index contributed by atoms with van der Waals surface area (Å²) in [4.78, 5) is -0.126. The van der Waals surface area contributed by atoms with Gasteiger partial charge >= 0.3 is 0 Å². The fraction of sp³-hybridized carbons (Fsp3) is 0.0625. The predicted octanol–water partition coefficient (Wildman–Crippen LogP) is 3.33. The quantitative estimate of drug-likeness (QED) is 0.812. The summed E-state index contributed by atoms with van der Waals surface area (Å²) in [6.45, 7) is 1.87. The second kappa shape index (κ2) is 5.72. The highest BCUT2D eigenvalue weighted by Crippen LogP contribution is 2.21. The van der Waals surface area contributed by atoms with Crippen LogP contribution in [0.25, 0.3) is 6.08 Å². The van der Waals surface area contributed by atoms with Crippen molar-refractivity contribution in [2.45, 2.75) is 11.8 Å². The Balaban J connectivity index is 2.55. The molecule has 0 atom stereocenters. The number of hydrogen-bond acceptors (Lipinski definition) is 3. The first-order valence-electron chi connectivity index (χ1n) is 6.03. The highest BCUT2D eigenvalue weighted by Gasteiger charge is 2.20. The van der Waals surface area contributed by atoms with Crippen molar-refractivity contribution in [1.82, 2.24) is 0 Å². The molecule has 0 radical (unpaired) electrons. The largest absolute Gasteiger partial charge is 0.218 e. The molecule has 20 heavy (non-hydrogen) atoms. The van der Waals surface area contributed by atoms with Crippen molar-refractivity contribution < 1.29 is 8.42 Å². The molecule has 2 rings (SSSR count). The van der Waals surface area contributed by atoms with E-state index in [2.05, 4.69) is 0 Å². The first kappa shape index (κ1) is 14.0. The SMILES string of the molecule is Cc1ccccc1C=C(C#N)S(=O)(=O)c1ccccc1. The molecule has 0 N–H and O–H groups in total. The van der Waals surface area contributed by atoms with Gasteiger partial charge in [0.25, 0.3) is 0 Å². The fourth-order valence-corrected chi connectivity index (χ4v) is 2.96. The number of hydrogen-bond donors (Lipinski definition) is 0. The summed E-state index contributed by atoms with van der Waals surface area (Å²) in [5.74, 6) is 0. The molecule has 100 valence electrons. The molecular formula is C16H13NO2S. The minimum absolute atomic E-state index is 0.126. The molecule has 0 saturated carbocycles. The Bertz CT molecular complexity index is 785. The Morgan fingerprint density at radius 1 is 1.05 bits per heavy atom. The van der Waals surface area contributed by atoms with E-state index in [9.17, 15) is 13.7 Å². The zero-order valence-corrected chi connectivity index (χ0v) is 11.8. The Kier molecular flexibility index (Phi) is 4.02. The van der Waals surface area contributed by atoms with Crippen LogP contribution in [-0.4, -0.2) is 8.42 Å². The monoisotopic (exact) mass is 283 g/mol. The van der Waals surface area contributed by atoms with Crippen LogP contribution in [-0.2, 0) is 9.84 Å². The second-order valence-corrected chi connectivity index (χ2v) is 6.21. The molecule has 3 nitrogen and oxygen atoms in total. The van der Waals surface area contributed by atoms with E-state index < -0.39 is 9.84 Å². The molecule has 0 amide bonds. The second-order valence-electron chi connectivity index (χ2n) is 4.29. The molecular weight excluding hydrogens is 270 g/mol. The minimum Gasteiger partial charge on any atom is -0.218 e. The van der Waals surface area contributed by atoms with Gasteiger partial charge in [-0.25, -0.2) is 8.42 Å². The summed E-state index contributed by atoms with van der Waals surface area (Å²) in [6, 6.07) is 17.1. The first-order valence-corrected chi connectivity index (χ1v) is 7.51. The number of sulfone groups is 1. The van der Waals surface area contributed by atoms with Gasteiger partial charge in [0.05, 0.1) is 4.90 Å². The summed E-state index contributed by atoms with van der Waals surface area (Å²) in [6.07, 6.45) is 1.41. The van der Waals surface area contributed by atoms with Crippen LogP contribution in [0.1, 0.15) is 11.1 Å². The van der Waals surface area contributed by atoms with Crippen molar-refractivity contribution in [3.05, 3.63) is 70.6 Å². The summed E-state index contributed by atoms with van der Waals surface area (Å²) in [5, 5.41) is 9.18. The molecule has 0 bridgehead atoms. The Morgan fingerprint density at radius 3 is 2.25 bits per heavy atom. The van der Waals surface area contributed by atoms with Gasteiger partial charge in [0.15, 0.2) is 0 Å². The van der Waals surface area contributed by atoms with Crippen molar-refractivity contribution in [3.63, 3.8) is 0 Å². The molecule has 0 aromatic heterocycles. The number of benzene rings is 2. The first-order chi connectivity index (χ1) is 9.55. The standard InChI is InChI=1S/C16H13NO2S/c1-13-7-5-6-8-14(13)11-16(12-17)20(18,19)15-9-3-2-4-10-15/h2-11H,1H3. The van der Waals surface area contributed by atoms with Gasteiger partial charge in [-0.05, 0) is 36.3 Å². The van der Waals surface area contributed by atoms with Crippen molar-refractivity contribution in [3.8, 4) is 6.07 Å². The third kappa shape index (κ3) is 2.79. The summed E-state index contributed by atoms with van der Waals surface area (Å²) in [7, 11) is -3.77. The van der Waals surface area contributed by atoms with Crippen LogP contribution >= 0.6 is 0 Å². The number of allylic oxidation sites excluding steroid dienone is 1. The zero-order valence-electron chi connectivity index (χ0n) is 10.9. The normalized spacial score (nSPS) is 11.9. The lowest BCUT2D eigenvalue weighted by Gasteiger charge is -2.04. The van der Waals surface area contributed by atoms with E-state index in [-0.39, 0.29) is 9.80 Å². The van der Waals surface area contributed by atoms with Gasteiger partial charge in [-0.15, -0.1) is 0 Å². The maximum Gasteiger partial charge on any atom is 0.216 e. The van der Waals surface area contributed by atoms with Gasteiger partial charge in [-0.1, -0.05) is 42.5 Å². The average Bonchev–Trinajstić information content (AvgIpc) is 2.47. The maximum absolute atomic E-state index is 12.4. The van der Waals surface area contributed by atoms with E-state index in [1.165, 1.54) is 18.2 Å². The number of nitriles is 1. The maximum atomic E-state index is 12.4. The van der Waals surface area contributed by atoms with Crippen molar-refractivity contribution in [2.75, 3.05) is 0 Å². The molecule has 0 spiro atoms. The summed E-state index contributed by atoms with van der Waals surface area (Å²) < 4.78 is 24.8. The van der Waals surface area contributed by atoms with Crippen LogP contribution in [0.5, 0.6) is 0 Å². The van der Waals surface area contributed by atoms with E-state index in [1.54, 1.807) is 30.3 Å². The minimum atomic E-state index is -3.77. The molecule has 0 unspecified atom stereocenters. The van der Waals surface area contributed by atoms with Crippen LogP contribution in [0.3, 0.4) is 0 Å². The molecule has 4 heteroatoms. The van der Waals surface area contributed by atoms with Gasteiger partial charge in [-0.3, -0.25) is 0 Å². The Labute approximate surface area is 118 Å². The van der Waals surface area contributed by atoms with E-state index >= 15 is 0 Å². The number of rotatable bonds is 3. The van der Waals surface area contributed by atoms with E-state index in [1.807, 2.05) is 25.1 Å². The molecule has 0 heterocycles. The molecule has 2 aromatic carbocycles. The zero-order chi connectivity index (χ0) is 14.6. The lowest BCUT2D eigenvalue weighted by molar-refractivity contribution is 0.603. The summed E-state index contributed by atoms with van der Waals surface area (Å²) >= 11 is 0. The van der Waals surface area contributed by atoms with Gasteiger partial charge < -0.3 is 0 Å². The van der Waals surface area contributed by atoms with E-state index in [0.29, 0.717) is 0 Å².